The van der Waals surface area contributed by atoms with Crippen molar-refractivity contribution < 1.29 is 0 Å². The topological polar surface area (TPSA) is 43.8 Å². The summed E-state index contributed by atoms with van der Waals surface area (Å²) in [4.78, 5) is 4.58. The van der Waals surface area contributed by atoms with Gasteiger partial charge in [-0.1, -0.05) is 17.7 Å². The van der Waals surface area contributed by atoms with E-state index in [0.717, 1.165) is 22.5 Å². The number of rotatable bonds is 3. The Balaban J connectivity index is 2.66. The molecular weight excluding hydrogens is 302 g/mol. The van der Waals surface area contributed by atoms with Crippen molar-refractivity contribution in [2.45, 2.75) is 27.2 Å². The lowest BCUT2D eigenvalue weighted by atomic mass is 9.97. The summed E-state index contributed by atoms with van der Waals surface area (Å²) in [5, 5.41) is 0. The van der Waals surface area contributed by atoms with Crippen LogP contribution in [-0.4, -0.2) is 16.1 Å². The predicted molar refractivity (Wildman–Crippen MR) is 83.3 cm³/mol. The Bertz CT molecular complexity index is 591. The number of halogens is 1. The van der Waals surface area contributed by atoms with Gasteiger partial charge in [-0.15, -0.1) is 0 Å². The standard InChI is InChI=1S/C15H20BrN3/c1-9-7-10(2)13(11(3)8-9)14-15(16)18-12(5-6-17)19(14)4/h7-8H,5-6,17H2,1-4H3. The van der Waals surface area contributed by atoms with Crippen LogP contribution in [0.5, 0.6) is 0 Å². The minimum Gasteiger partial charge on any atom is -0.330 e. The summed E-state index contributed by atoms with van der Waals surface area (Å²) >= 11 is 3.59. The highest BCUT2D eigenvalue weighted by atomic mass is 79.9. The van der Waals surface area contributed by atoms with Gasteiger partial charge in [0, 0.05) is 19.0 Å². The lowest BCUT2D eigenvalue weighted by Crippen LogP contribution is -2.08. The zero-order valence-corrected chi connectivity index (χ0v) is 13.5. The van der Waals surface area contributed by atoms with Crippen LogP contribution in [0.1, 0.15) is 22.5 Å². The van der Waals surface area contributed by atoms with E-state index < -0.39 is 0 Å². The summed E-state index contributed by atoms with van der Waals surface area (Å²) in [6.07, 6.45) is 0.791. The lowest BCUT2D eigenvalue weighted by molar-refractivity contribution is 0.781. The number of aryl methyl sites for hydroxylation is 3. The summed E-state index contributed by atoms with van der Waals surface area (Å²) in [5.74, 6) is 1.02. The Morgan fingerprint density at radius 3 is 2.32 bits per heavy atom. The van der Waals surface area contributed by atoms with Crippen LogP contribution in [0.2, 0.25) is 0 Å². The van der Waals surface area contributed by atoms with E-state index in [2.05, 4.69) is 65.4 Å². The minimum absolute atomic E-state index is 0.614. The van der Waals surface area contributed by atoms with Crippen LogP contribution in [0.25, 0.3) is 11.3 Å². The van der Waals surface area contributed by atoms with E-state index in [0.29, 0.717) is 6.54 Å². The molecule has 2 N–H and O–H groups in total. The Morgan fingerprint density at radius 2 is 1.79 bits per heavy atom. The van der Waals surface area contributed by atoms with E-state index in [1.54, 1.807) is 0 Å². The number of hydrogen-bond donors (Lipinski definition) is 1. The molecule has 0 bridgehead atoms. The molecule has 0 atom stereocenters. The van der Waals surface area contributed by atoms with Crippen LogP contribution in [0.15, 0.2) is 16.7 Å². The largest absolute Gasteiger partial charge is 0.330 e. The molecule has 0 saturated heterocycles. The van der Waals surface area contributed by atoms with E-state index in [1.807, 2.05) is 0 Å². The van der Waals surface area contributed by atoms with Gasteiger partial charge in [0.15, 0.2) is 0 Å². The lowest BCUT2D eigenvalue weighted by Gasteiger charge is -2.13. The molecule has 102 valence electrons. The minimum atomic E-state index is 0.614. The van der Waals surface area contributed by atoms with Gasteiger partial charge >= 0.3 is 0 Å². The molecular formula is C15H20BrN3. The normalized spacial score (nSPS) is 11.1. The molecule has 3 nitrogen and oxygen atoms in total. The molecule has 0 aliphatic rings. The maximum atomic E-state index is 5.64. The summed E-state index contributed by atoms with van der Waals surface area (Å²) in [5.41, 5.74) is 11.9. The Morgan fingerprint density at radius 1 is 1.21 bits per heavy atom. The fourth-order valence-electron chi connectivity index (χ4n) is 2.69. The number of hydrogen-bond acceptors (Lipinski definition) is 2. The second-order valence-corrected chi connectivity index (χ2v) is 5.79. The van der Waals surface area contributed by atoms with E-state index in [9.17, 15) is 0 Å². The van der Waals surface area contributed by atoms with Gasteiger partial charge < -0.3 is 10.3 Å². The van der Waals surface area contributed by atoms with E-state index in [1.165, 1.54) is 22.3 Å². The first kappa shape index (κ1) is 14.3. The SMILES string of the molecule is Cc1cc(C)c(-c2c(Br)nc(CCN)n2C)c(C)c1. The predicted octanol–water partition coefficient (Wildman–Crippen LogP) is 3.28. The number of imidazole rings is 1. The van der Waals surface area contributed by atoms with E-state index >= 15 is 0 Å². The van der Waals surface area contributed by atoms with Gasteiger partial charge in [0.2, 0.25) is 0 Å². The molecule has 0 saturated carbocycles. The molecule has 0 unspecified atom stereocenters. The van der Waals surface area contributed by atoms with Crippen LogP contribution in [0.4, 0.5) is 0 Å². The molecule has 0 amide bonds. The molecule has 0 aliphatic carbocycles. The summed E-state index contributed by atoms with van der Waals surface area (Å²) in [6.45, 7) is 7.04. The zero-order valence-electron chi connectivity index (χ0n) is 11.9. The van der Waals surface area contributed by atoms with Crippen LogP contribution >= 0.6 is 15.9 Å². The molecule has 0 fully saturated rings. The average molecular weight is 322 g/mol. The van der Waals surface area contributed by atoms with Crippen molar-refractivity contribution >= 4 is 15.9 Å². The first-order valence-electron chi connectivity index (χ1n) is 6.45. The summed E-state index contributed by atoms with van der Waals surface area (Å²) in [7, 11) is 2.05. The monoisotopic (exact) mass is 321 g/mol. The Hall–Kier alpha value is -1.13. The van der Waals surface area contributed by atoms with Gasteiger partial charge in [-0.3, -0.25) is 0 Å². The molecule has 1 aromatic heterocycles. The molecule has 0 aliphatic heterocycles. The smallest absolute Gasteiger partial charge is 0.132 e. The van der Waals surface area contributed by atoms with Gasteiger partial charge in [-0.05, 0) is 54.4 Å². The van der Waals surface area contributed by atoms with Crippen molar-refractivity contribution in [3.63, 3.8) is 0 Å². The fraction of sp³-hybridized carbons (Fsp3) is 0.400. The van der Waals surface area contributed by atoms with Gasteiger partial charge in [-0.25, -0.2) is 4.98 Å². The van der Waals surface area contributed by atoms with Crippen LogP contribution in [-0.2, 0) is 13.5 Å². The third-order valence-corrected chi connectivity index (χ3v) is 3.98. The number of nitrogens with two attached hydrogens (primary N) is 1. The van der Waals surface area contributed by atoms with Crippen LogP contribution in [0.3, 0.4) is 0 Å². The summed E-state index contributed by atoms with van der Waals surface area (Å²) < 4.78 is 3.04. The van der Waals surface area contributed by atoms with Crippen molar-refractivity contribution in [2.75, 3.05) is 6.54 Å². The van der Waals surface area contributed by atoms with Gasteiger partial charge in [0.05, 0.1) is 5.69 Å². The Labute approximate surface area is 123 Å². The van der Waals surface area contributed by atoms with Crippen molar-refractivity contribution in [1.29, 1.82) is 0 Å². The zero-order chi connectivity index (χ0) is 14.2. The van der Waals surface area contributed by atoms with Crippen molar-refractivity contribution in [3.8, 4) is 11.3 Å². The molecule has 1 aromatic carbocycles. The van der Waals surface area contributed by atoms with Crippen LogP contribution in [0, 0.1) is 20.8 Å². The number of nitrogens with zero attached hydrogens (tertiary/aromatic N) is 2. The third kappa shape index (κ3) is 2.60. The van der Waals surface area contributed by atoms with E-state index in [-0.39, 0.29) is 0 Å². The molecule has 4 heteroatoms. The third-order valence-electron chi connectivity index (χ3n) is 3.43. The first-order valence-corrected chi connectivity index (χ1v) is 7.24. The van der Waals surface area contributed by atoms with Crippen LogP contribution < -0.4 is 5.73 Å². The maximum Gasteiger partial charge on any atom is 0.132 e. The first-order chi connectivity index (χ1) is 8.95. The number of aromatic nitrogens is 2. The van der Waals surface area contributed by atoms with Gasteiger partial charge in [0.1, 0.15) is 10.4 Å². The van der Waals surface area contributed by atoms with Crippen molar-refractivity contribution in [3.05, 3.63) is 39.3 Å². The second kappa shape index (κ2) is 5.47. The maximum absolute atomic E-state index is 5.64. The Kier molecular flexibility index (Phi) is 4.11. The molecule has 1 heterocycles. The van der Waals surface area contributed by atoms with Crippen molar-refractivity contribution in [2.24, 2.45) is 12.8 Å². The second-order valence-electron chi connectivity index (χ2n) is 5.04. The molecule has 0 spiro atoms. The highest BCUT2D eigenvalue weighted by Gasteiger charge is 2.17. The quantitative estimate of drug-likeness (QED) is 0.942. The van der Waals surface area contributed by atoms with Gasteiger partial charge in [-0.2, -0.15) is 0 Å². The summed E-state index contributed by atoms with van der Waals surface area (Å²) in [6, 6.07) is 4.43. The molecule has 2 rings (SSSR count). The highest BCUT2D eigenvalue weighted by molar-refractivity contribution is 9.10. The fourth-order valence-corrected chi connectivity index (χ4v) is 3.35. The highest BCUT2D eigenvalue weighted by Crippen LogP contribution is 2.34. The average Bonchev–Trinajstić information content (AvgIpc) is 2.56. The molecule has 19 heavy (non-hydrogen) atoms. The molecule has 2 aromatic rings. The number of benzene rings is 1. The molecule has 0 radical (unpaired) electrons. The van der Waals surface area contributed by atoms with Crippen molar-refractivity contribution in [1.82, 2.24) is 9.55 Å². The van der Waals surface area contributed by atoms with E-state index in [4.69, 9.17) is 5.73 Å². The van der Waals surface area contributed by atoms with Gasteiger partial charge in [0.25, 0.3) is 0 Å².